The van der Waals surface area contributed by atoms with E-state index in [2.05, 4.69) is 20.9 Å². The van der Waals surface area contributed by atoms with Crippen molar-refractivity contribution >= 4 is 59.0 Å². The Kier molecular flexibility index (Phi) is 11.3. The van der Waals surface area contributed by atoms with Gasteiger partial charge in [0.05, 0.1) is 0 Å². The summed E-state index contributed by atoms with van der Waals surface area (Å²) < 4.78 is 0. The first-order chi connectivity index (χ1) is 13.0. The van der Waals surface area contributed by atoms with Gasteiger partial charge >= 0.3 is 0 Å². The second-order valence-electron chi connectivity index (χ2n) is 5.97. The van der Waals surface area contributed by atoms with E-state index in [1.165, 1.54) is 0 Å². The minimum absolute atomic E-state index is 0. The maximum atomic E-state index is 11.6. The molecular formula is C20H25Cl2IN4O. The van der Waals surface area contributed by atoms with E-state index in [9.17, 15) is 4.79 Å². The zero-order valence-corrected chi connectivity index (χ0v) is 19.7. The van der Waals surface area contributed by atoms with Gasteiger partial charge in [-0.1, -0.05) is 41.4 Å². The molecular weight excluding hydrogens is 510 g/mol. The number of aliphatic imine (C=N–C) groups is 1. The molecule has 8 heteroatoms. The van der Waals surface area contributed by atoms with Crippen molar-refractivity contribution < 1.29 is 4.79 Å². The van der Waals surface area contributed by atoms with Crippen LogP contribution in [0.5, 0.6) is 0 Å². The first-order valence-electron chi connectivity index (χ1n) is 8.73. The summed E-state index contributed by atoms with van der Waals surface area (Å²) in [7, 11) is 3.36. The van der Waals surface area contributed by atoms with E-state index in [0.29, 0.717) is 22.2 Å². The lowest BCUT2D eigenvalue weighted by atomic mass is 10.1. The Bertz CT molecular complexity index is 797. The van der Waals surface area contributed by atoms with Crippen molar-refractivity contribution in [1.82, 2.24) is 16.0 Å². The number of benzene rings is 2. The van der Waals surface area contributed by atoms with Gasteiger partial charge in [0.15, 0.2) is 5.96 Å². The van der Waals surface area contributed by atoms with Crippen LogP contribution in [0.15, 0.2) is 47.5 Å². The zero-order chi connectivity index (χ0) is 19.6. The summed E-state index contributed by atoms with van der Waals surface area (Å²) in [5.74, 6) is 0.639. The number of amides is 1. The molecule has 1 amide bonds. The maximum Gasteiger partial charge on any atom is 0.251 e. The van der Waals surface area contributed by atoms with Gasteiger partial charge in [0.2, 0.25) is 0 Å². The summed E-state index contributed by atoms with van der Waals surface area (Å²) in [5.41, 5.74) is 2.80. The highest BCUT2D eigenvalue weighted by atomic mass is 127. The topological polar surface area (TPSA) is 65.5 Å². The van der Waals surface area contributed by atoms with Gasteiger partial charge in [-0.15, -0.1) is 24.0 Å². The van der Waals surface area contributed by atoms with Crippen LogP contribution in [0.25, 0.3) is 0 Å². The molecule has 0 saturated carbocycles. The van der Waals surface area contributed by atoms with Crippen molar-refractivity contribution in [3.63, 3.8) is 0 Å². The number of halogens is 3. The van der Waals surface area contributed by atoms with Gasteiger partial charge in [-0.25, -0.2) is 0 Å². The molecule has 0 bridgehead atoms. The Hall–Kier alpha value is -1.51. The minimum Gasteiger partial charge on any atom is -0.356 e. The maximum absolute atomic E-state index is 11.6. The summed E-state index contributed by atoms with van der Waals surface area (Å²) in [5, 5.41) is 10.5. The average Bonchev–Trinajstić information content (AvgIpc) is 2.68. The Morgan fingerprint density at radius 3 is 2.39 bits per heavy atom. The summed E-state index contributed by atoms with van der Waals surface area (Å²) in [6.45, 7) is 1.39. The fourth-order valence-corrected chi connectivity index (χ4v) is 3.04. The van der Waals surface area contributed by atoms with Gasteiger partial charge in [0, 0.05) is 42.8 Å². The van der Waals surface area contributed by atoms with Gasteiger partial charge in [-0.2, -0.15) is 0 Å². The zero-order valence-electron chi connectivity index (χ0n) is 15.9. The third-order valence-electron chi connectivity index (χ3n) is 4.06. The third kappa shape index (κ3) is 7.85. The molecule has 0 aliphatic rings. The standard InChI is InChI=1S/C20H24Cl2N4O.HI/c1-23-19(27)16-7-5-14(6-8-16)13-26-20(24-2)25-11-3-4-15-9-10-17(21)12-18(15)22;/h5-10,12H,3-4,11,13H2,1-2H3,(H,23,27)(H2,24,25,26);1H. The Morgan fingerprint density at radius 1 is 1.07 bits per heavy atom. The number of hydrogen-bond donors (Lipinski definition) is 3. The molecule has 3 N–H and O–H groups in total. The number of guanidine groups is 1. The number of carbonyl (C=O) groups is 1. The molecule has 0 atom stereocenters. The Labute approximate surface area is 193 Å². The summed E-state index contributed by atoms with van der Waals surface area (Å²) in [4.78, 5) is 15.8. The number of nitrogens with one attached hydrogen (secondary N) is 3. The highest BCUT2D eigenvalue weighted by molar-refractivity contribution is 14.0. The molecule has 28 heavy (non-hydrogen) atoms. The van der Waals surface area contributed by atoms with Crippen molar-refractivity contribution in [3.05, 3.63) is 69.2 Å². The monoisotopic (exact) mass is 534 g/mol. The van der Waals surface area contributed by atoms with Crippen molar-refractivity contribution in [2.45, 2.75) is 19.4 Å². The molecule has 0 heterocycles. The predicted molar refractivity (Wildman–Crippen MR) is 128 cm³/mol. The van der Waals surface area contributed by atoms with E-state index in [-0.39, 0.29) is 29.9 Å². The van der Waals surface area contributed by atoms with Crippen LogP contribution in [0.1, 0.15) is 27.9 Å². The number of aryl methyl sites for hydroxylation is 1. The van der Waals surface area contributed by atoms with Gasteiger partial charge in [-0.3, -0.25) is 9.79 Å². The fourth-order valence-electron chi connectivity index (χ4n) is 2.53. The van der Waals surface area contributed by atoms with Gasteiger partial charge in [-0.05, 0) is 48.2 Å². The fraction of sp³-hybridized carbons (Fsp3) is 0.300. The summed E-state index contributed by atoms with van der Waals surface area (Å²) >= 11 is 12.1. The van der Waals surface area contributed by atoms with E-state index in [4.69, 9.17) is 23.2 Å². The van der Waals surface area contributed by atoms with Crippen LogP contribution in [0.2, 0.25) is 10.0 Å². The van der Waals surface area contributed by atoms with Crippen LogP contribution < -0.4 is 16.0 Å². The number of hydrogen-bond acceptors (Lipinski definition) is 2. The van der Waals surface area contributed by atoms with Crippen LogP contribution in [-0.2, 0) is 13.0 Å². The Balaban J connectivity index is 0.00000392. The van der Waals surface area contributed by atoms with E-state index in [1.54, 1.807) is 20.2 Å². The molecule has 0 radical (unpaired) electrons. The largest absolute Gasteiger partial charge is 0.356 e. The lowest BCUT2D eigenvalue weighted by Crippen LogP contribution is -2.37. The van der Waals surface area contributed by atoms with Crippen LogP contribution in [0.3, 0.4) is 0 Å². The molecule has 0 spiro atoms. The van der Waals surface area contributed by atoms with E-state index < -0.39 is 0 Å². The van der Waals surface area contributed by atoms with Crippen LogP contribution in [0, 0.1) is 0 Å². The van der Waals surface area contributed by atoms with E-state index in [0.717, 1.165) is 36.5 Å². The average molecular weight is 535 g/mol. The highest BCUT2D eigenvalue weighted by Gasteiger charge is 2.04. The molecule has 0 aliphatic heterocycles. The molecule has 2 aromatic rings. The van der Waals surface area contributed by atoms with Crippen LogP contribution in [-0.4, -0.2) is 32.5 Å². The quantitative estimate of drug-likeness (QED) is 0.215. The van der Waals surface area contributed by atoms with Gasteiger partial charge in [0.1, 0.15) is 0 Å². The van der Waals surface area contributed by atoms with Crippen molar-refractivity contribution in [2.75, 3.05) is 20.6 Å². The molecule has 5 nitrogen and oxygen atoms in total. The lowest BCUT2D eigenvalue weighted by molar-refractivity contribution is 0.0963. The van der Waals surface area contributed by atoms with Crippen molar-refractivity contribution in [2.24, 2.45) is 4.99 Å². The van der Waals surface area contributed by atoms with Gasteiger partial charge < -0.3 is 16.0 Å². The summed E-state index contributed by atoms with van der Waals surface area (Å²) in [6.07, 6.45) is 1.78. The summed E-state index contributed by atoms with van der Waals surface area (Å²) in [6, 6.07) is 13.0. The first kappa shape index (κ1) is 24.5. The molecule has 2 rings (SSSR count). The third-order valence-corrected chi connectivity index (χ3v) is 4.64. The lowest BCUT2D eigenvalue weighted by Gasteiger charge is -2.12. The molecule has 0 saturated heterocycles. The molecule has 0 aromatic heterocycles. The highest BCUT2D eigenvalue weighted by Crippen LogP contribution is 2.21. The number of carbonyl (C=O) groups excluding carboxylic acids is 1. The molecule has 2 aromatic carbocycles. The second kappa shape index (κ2) is 12.9. The van der Waals surface area contributed by atoms with Crippen LogP contribution >= 0.6 is 47.2 Å². The van der Waals surface area contributed by atoms with Crippen molar-refractivity contribution in [3.8, 4) is 0 Å². The number of rotatable bonds is 7. The second-order valence-corrected chi connectivity index (χ2v) is 6.81. The Morgan fingerprint density at radius 2 is 1.79 bits per heavy atom. The minimum atomic E-state index is -0.0900. The van der Waals surface area contributed by atoms with Crippen molar-refractivity contribution in [1.29, 1.82) is 0 Å². The first-order valence-corrected chi connectivity index (χ1v) is 9.48. The number of nitrogens with zero attached hydrogens (tertiary/aromatic N) is 1. The molecule has 152 valence electrons. The predicted octanol–water partition coefficient (Wildman–Crippen LogP) is 4.27. The molecule has 0 fully saturated rings. The SMILES string of the molecule is CN=C(NCCCc1ccc(Cl)cc1Cl)NCc1ccc(C(=O)NC)cc1.I. The van der Waals surface area contributed by atoms with Gasteiger partial charge in [0.25, 0.3) is 5.91 Å². The van der Waals surface area contributed by atoms with Crippen LogP contribution in [0.4, 0.5) is 0 Å². The van der Waals surface area contributed by atoms with E-state index in [1.807, 2.05) is 36.4 Å². The smallest absolute Gasteiger partial charge is 0.251 e. The van der Waals surface area contributed by atoms with E-state index >= 15 is 0 Å². The molecule has 0 aliphatic carbocycles. The molecule has 0 unspecified atom stereocenters. The normalized spacial score (nSPS) is 10.8.